The van der Waals surface area contributed by atoms with Crippen molar-refractivity contribution in [2.75, 3.05) is 14.2 Å². The van der Waals surface area contributed by atoms with Crippen LogP contribution < -0.4 is 9.47 Å². The molecule has 6 heteroatoms. The molecule has 9 rings (SSSR count). The maximum absolute atomic E-state index is 6.00. The normalized spacial score (nSPS) is 11.9. The third-order valence-electron chi connectivity index (χ3n) is 9.61. The third-order valence-corrected chi connectivity index (χ3v) is 9.61. The molecule has 0 fully saturated rings. The summed E-state index contributed by atoms with van der Waals surface area (Å²) in [7, 11) is 3.32. The molecule has 0 aliphatic carbocycles. The molecule has 0 radical (unpaired) electrons. The van der Waals surface area contributed by atoms with Crippen molar-refractivity contribution in [1.82, 2.24) is 19.9 Å². The van der Waals surface area contributed by atoms with E-state index < -0.39 is 0 Å². The Kier molecular flexibility index (Phi) is 7.82. The molecule has 8 bridgehead atoms. The number of nitrogens with one attached hydrogen (secondary N) is 2. The van der Waals surface area contributed by atoms with Gasteiger partial charge in [0.15, 0.2) is 11.5 Å². The number of benzene rings is 4. The minimum Gasteiger partial charge on any atom is -0.493 e. The van der Waals surface area contributed by atoms with Crippen molar-refractivity contribution in [3.63, 3.8) is 0 Å². The van der Waals surface area contributed by atoms with Crippen LogP contribution in [-0.4, -0.2) is 34.2 Å². The van der Waals surface area contributed by atoms with Crippen LogP contribution in [0.2, 0.25) is 0 Å². The van der Waals surface area contributed by atoms with Gasteiger partial charge in [0.25, 0.3) is 0 Å². The molecule has 3 aromatic heterocycles. The number of fused-ring (bicyclic) bond motifs is 8. The summed E-state index contributed by atoms with van der Waals surface area (Å²) in [6.07, 6.45) is 8.33. The van der Waals surface area contributed by atoms with E-state index in [1.165, 1.54) is 0 Å². The van der Waals surface area contributed by atoms with Gasteiger partial charge in [-0.15, -0.1) is 0 Å². The Balaban J connectivity index is 1.49. The van der Waals surface area contributed by atoms with Gasteiger partial charge in [0.05, 0.1) is 37.0 Å². The number of nitrogens with zero attached hydrogens (tertiary/aromatic N) is 2. The fourth-order valence-electron chi connectivity index (χ4n) is 7.30. The molecule has 0 unspecified atom stereocenters. The molecule has 2 aliphatic rings. The van der Waals surface area contributed by atoms with Crippen LogP contribution in [0.15, 0.2) is 133 Å². The van der Waals surface area contributed by atoms with Crippen molar-refractivity contribution >= 4 is 46.4 Å². The van der Waals surface area contributed by atoms with Crippen LogP contribution in [-0.2, 0) is 0 Å². The molecule has 7 aromatic rings. The van der Waals surface area contributed by atoms with Gasteiger partial charge in [-0.05, 0) is 71.3 Å². The zero-order valence-corrected chi connectivity index (χ0v) is 28.7. The summed E-state index contributed by atoms with van der Waals surface area (Å²) in [4.78, 5) is 18.4. The summed E-state index contributed by atoms with van der Waals surface area (Å²) in [6, 6.07) is 45.9. The zero-order chi connectivity index (χ0) is 35.0. The third kappa shape index (κ3) is 5.38. The van der Waals surface area contributed by atoms with Gasteiger partial charge in [0, 0.05) is 49.9 Å². The lowest BCUT2D eigenvalue weighted by molar-refractivity contribution is 0.356. The highest BCUT2D eigenvalue weighted by atomic mass is 16.5. The van der Waals surface area contributed by atoms with Gasteiger partial charge in [-0.1, -0.05) is 103 Å². The zero-order valence-electron chi connectivity index (χ0n) is 28.7. The number of hydrogen-bond acceptors (Lipinski definition) is 4. The van der Waals surface area contributed by atoms with E-state index in [2.05, 4.69) is 131 Å². The molecule has 0 atom stereocenters. The first-order chi connectivity index (χ1) is 25.7. The number of ether oxygens (including phenoxy) is 2. The maximum atomic E-state index is 6.00. The van der Waals surface area contributed by atoms with Crippen LogP contribution in [0.25, 0.3) is 90.9 Å². The van der Waals surface area contributed by atoms with Crippen LogP contribution in [0.3, 0.4) is 0 Å². The molecule has 0 spiro atoms. The minimum atomic E-state index is 0.620. The van der Waals surface area contributed by atoms with Gasteiger partial charge in [-0.25, -0.2) is 9.97 Å². The molecule has 5 heterocycles. The van der Waals surface area contributed by atoms with E-state index >= 15 is 0 Å². The molecule has 0 saturated heterocycles. The standard InChI is InChI=1S/C46H34N4O2/c1-51-41-20-12-19-32(46(41)52-2)45-39-27-25-37(49-39)43(30-15-8-4-9-16-30)35-23-21-33(47-35)42(29-13-6-3-7-14-29)34-22-24-36(48-34)44(31-17-10-5-11-18-31)38-26-28-40(45)50-38/h3-28,47-48H,1-2H3. The average molecular weight is 675 g/mol. The van der Waals surface area contributed by atoms with E-state index in [4.69, 9.17) is 19.4 Å². The van der Waals surface area contributed by atoms with Crippen molar-refractivity contribution in [3.8, 4) is 56.0 Å². The predicted octanol–water partition coefficient (Wildman–Crippen LogP) is 11.3. The Morgan fingerprint density at radius 3 is 1.21 bits per heavy atom. The van der Waals surface area contributed by atoms with Crippen molar-refractivity contribution in [2.45, 2.75) is 0 Å². The summed E-state index contributed by atoms with van der Waals surface area (Å²) in [5.41, 5.74) is 15.1. The van der Waals surface area contributed by atoms with Crippen molar-refractivity contribution < 1.29 is 9.47 Å². The Labute approximate surface area is 301 Å². The van der Waals surface area contributed by atoms with Gasteiger partial charge >= 0.3 is 0 Å². The first kappa shape index (κ1) is 31.1. The van der Waals surface area contributed by atoms with Gasteiger partial charge < -0.3 is 19.4 Å². The van der Waals surface area contributed by atoms with Crippen LogP contribution in [0.4, 0.5) is 0 Å². The van der Waals surface area contributed by atoms with E-state index in [9.17, 15) is 0 Å². The second kappa shape index (κ2) is 13.1. The highest BCUT2D eigenvalue weighted by molar-refractivity contribution is 6.00. The van der Waals surface area contributed by atoms with Crippen LogP contribution >= 0.6 is 0 Å². The lowest BCUT2D eigenvalue weighted by Crippen LogP contribution is -1.96. The second-order valence-corrected chi connectivity index (χ2v) is 12.6. The highest BCUT2D eigenvalue weighted by Crippen LogP contribution is 2.43. The van der Waals surface area contributed by atoms with Crippen LogP contribution in [0.5, 0.6) is 11.5 Å². The molecule has 4 aromatic carbocycles. The number of hydrogen-bond donors (Lipinski definition) is 2. The summed E-state index contributed by atoms with van der Waals surface area (Å²) in [6.45, 7) is 0. The quantitative estimate of drug-likeness (QED) is 0.184. The fraction of sp³-hybridized carbons (Fsp3) is 0.0435. The first-order valence-electron chi connectivity index (χ1n) is 17.2. The largest absolute Gasteiger partial charge is 0.493 e. The van der Waals surface area contributed by atoms with E-state index in [1.54, 1.807) is 14.2 Å². The number of aromatic amines is 2. The summed E-state index contributed by atoms with van der Waals surface area (Å²) >= 11 is 0. The SMILES string of the molecule is COc1cccc(-c2c3nc(c(-c4ccccc4)c4ccc([nH]4)c(-c4ccccc4)c4ccc([nH]4)c(-c4ccccc4)c4nc2C=C4)C=C3)c1OC. The number of aromatic nitrogens is 4. The Morgan fingerprint density at radius 1 is 0.385 bits per heavy atom. The number of H-pyrrole nitrogens is 2. The molecule has 52 heavy (non-hydrogen) atoms. The monoisotopic (exact) mass is 674 g/mol. The minimum absolute atomic E-state index is 0.620. The molecule has 0 saturated carbocycles. The molecule has 6 nitrogen and oxygen atoms in total. The first-order valence-corrected chi connectivity index (χ1v) is 17.2. The summed E-state index contributed by atoms with van der Waals surface area (Å²) in [5.74, 6) is 1.25. The molecular formula is C46H34N4O2. The Hall–Kier alpha value is -6.92. The second-order valence-electron chi connectivity index (χ2n) is 12.6. The predicted molar refractivity (Wildman–Crippen MR) is 214 cm³/mol. The fourth-order valence-corrected chi connectivity index (χ4v) is 7.30. The van der Waals surface area contributed by atoms with E-state index in [1.807, 2.05) is 36.4 Å². The summed E-state index contributed by atoms with van der Waals surface area (Å²) < 4.78 is 11.8. The van der Waals surface area contributed by atoms with Gasteiger partial charge in [-0.3, -0.25) is 0 Å². The summed E-state index contributed by atoms with van der Waals surface area (Å²) in [5, 5.41) is 0. The number of para-hydroxylation sites is 1. The molecule has 250 valence electrons. The van der Waals surface area contributed by atoms with E-state index in [0.717, 1.165) is 89.4 Å². The molecule has 2 N–H and O–H groups in total. The van der Waals surface area contributed by atoms with Crippen molar-refractivity contribution in [3.05, 3.63) is 156 Å². The topological polar surface area (TPSA) is 75.8 Å². The van der Waals surface area contributed by atoms with Gasteiger partial charge in [0.2, 0.25) is 0 Å². The highest BCUT2D eigenvalue weighted by Gasteiger charge is 2.22. The lowest BCUT2D eigenvalue weighted by Gasteiger charge is -2.14. The maximum Gasteiger partial charge on any atom is 0.168 e. The molecular weight excluding hydrogens is 641 g/mol. The Morgan fingerprint density at radius 2 is 0.788 bits per heavy atom. The number of rotatable bonds is 6. The molecule has 0 amide bonds. The van der Waals surface area contributed by atoms with Gasteiger partial charge in [-0.2, -0.15) is 0 Å². The smallest absolute Gasteiger partial charge is 0.168 e. The van der Waals surface area contributed by atoms with Crippen LogP contribution in [0.1, 0.15) is 22.8 Å². The molecule has 2 aliphatic heterocycles. The van der Waals surface area contributed by atoms with Crippen molar-refractivity contribution in [1.29, 1.82) is 0 Å². The van der Waals surface area contributed by atoms with Crippen molar-refractivity contribution in [2.24, 2.45) is 0 Å². The van der Waals surface area contributed by atoms with Gasteiger partial charge in [0.1, 0.15) is 0 Å². The Bertz CT molecular complexity index is 2550. The van der Waals surface area contributed by atoms with E-state index in [0.29, 0.717) is 11.5 Å². The lowest BCUT2D eigenvalue weighted by atomic mass is 10.0. The van der Waals surface area contributed by atoms with E-state index in [-0.39, 0.29) is 0 Å². The van der Waals surface area contributed by atoms with Crippen LogP contribution in [0, 0.1) is 0 Å². The number of methoxy groups -OCH3 is 2. The average Bonchev–Trinajstić information content (AvgIpc) is 4.04.